The Morgan fingerprint density at radius 3 is 2.75 bits per heavy atom. The van der Waals surface area contributed by atoms with E-state index >= 15 is 0 Å². The summed E-state index contributed by atoms with van der Waals surface area (Å²) in [7, 11) is 0. The van der Waals surface area contributed by atoms with E-state index in [4.69, 9.17) is 4.74 Å². The van der Waals surface area contributed by atoms with Crippen LogP contribution in [-0.4, -0.2) is 36.5 Å². The molecule has 2 amide bonds. The SMILES string of the molecule is C[C@@H]1CCCC[C@@H]1NC(=O)[C@@H](C)OC(=O)CNC(=O)c1cccs1. The molecule has 1 aromatic rings. The number of nitrogens with one attached hydrogen (secondary N) is 2. The van der Waals surface area contributed by atoms with E-state index in [1.54, 1.807) is 24.4 Å². The van der Waals surface area contributed by atoms with Gasteiger partial charge in [0, 0.05) is 6.04 Å². The summed E-state index contributed by atoms with van der Waals surface area (Å²) in [5.74, 6) is -0.795. The highest BCUT2D eigenvalue weighted by molar-refractivity contribution is 7.12. The Bertz CT molecular complexity index is 573. The van der Waals surface area contributed by atoms with Crippen LogP contribution in [0.4, 0.5) is 0 Å². The van der Waals surface area contributed by atoms with Gasteiger partial charge in [0.25, 0.3) is 11.8 Å². The number of rotatable bonds is 6. The molecular formula is C17H24N2O4S. The maximum absolute atomic E-state index is 12.1. The molecule has 24 heavy (non-hydrogen) atoms. The Morgan fingerprint density at radius 2 is 2.08 bits per heavy atom. The lowest BCUT2D eigenvalue weighted by Crippen LogP contribution is -2.46. The van der Waals surface area contributed by atoms with Gasteiger partial charge in [0.1, 0.15) is 6.54 Å². The molecule has 2 N–H and O–H groups in total. The van der Waals surface area contributed by atoms with Crippen LogP contribution in [0.25, 0.3) is 0 Å². The quantitative estimate of drug-likeness (QED) is 0.768. The van der Waals surface area contributed by atoms with Crippen LogP contribution in [0.15, 0.2) is 17.5 Å². The first-order valence-electron chi connectivity index (χ1n) is 8.29. The molecule has 6 nitrogen and oxygen atoms in total. The van der Waals surface area contributed by atoms with Gasteiger partial charge >= 0.3 is 5.97 Å². The first kappa shape index (κ1) is 18.4. The van der Waals surface area contributed by atoms with E-state index in [-0.39, 0.29) is 24.4 Å². The zero-order valence-electron chi connectivity index (χ0n) is 14.0. The maximum Gasteiger partial charge on any atom is 0.326 e. The summed E-state index contributed by atoms with van der Waals surface area (Å²) in [5, 5.41) is 7.23. The van der Waals surface area contributed by atoms with E-state index in [0.717, 1.165) is 19.3 Å². The lowest BCUT2D eigenvalue weighted by atomic mass is 9.86. The van der Waals surface area contributed by atoms with Crippen LogP contribution in [0.3, 0.4) is 0 Å². The first-order chi connectivity index (χ1) is 11.5. The molecule has 1 saturated carbocycles. The minimum atomic E-state index is -0.870. The van der Waals surface area contributed by atoms with Crippen molar-refractivity contribution in [2.45, 2.75) is 51.7 Å². The largest absolute Gasteiger partial charge is 0.451 e. The fourth-order valence-electron chi connectivity index (χ4n) is 2.77. The van der Waals surface area contributed by atoms with Gasteiger partial charge in [-0.3, -0.25) is 14.4 Å². The molecule has 0 unspecified atom stereocenters. The van der Waals surface area contributed by atoms with Crippen molar-refractivity contribution in [2.24, 2.45) is 5.92 Å². The Hall–Kier alpha value is -1.89. The minimum absolute atomic E-state index is 0.144. The average molecular weight is 352 g/mol. The highest BCUT2D eigenvalue weighted by Gasteiger charge is 2.26. The normalized spacial score (nSPS) is 21.6. The maximum atomic E-state index is 12.1. The highest BCUT2D eigenvalue weighted by Crippen LogP contribution is 2.23. The predicted octanol–water partition coefficient (Wildman–Crippen LogP) is 2.10. The van der Waals surface area contributed by atoms with Gasteiger partial charge < -0.3 is 15.4 Å². The molecule has 0 aromatic carbocycles. The molecule has 1 fully saturated rings. The number of ether oxygens (including phenoxy) is 1. The van der Waals surface area contributed by atoms with Crippen LogP contribution in [0.5, 0.6) is 0 Å². The van der Waals surface area contributed by atoms with Crippen LogP contribution in [0.2, 0.25) is 0 Å². The second-order valence-electron chi connectivity index (χ2n) is 6.17. The zero-order valence-corrected chi connectivity index (χ0v) is 14.9. The molecule has 1 aliphatic rings. The minimum Gasteiger partial charge on any atom is -0.451 e. The van der Waals surface area contributed by atoms with Crippen LogP contribution in [0, 0.1) is 5.92 Å². The Morgan fingerprint density at radius 1 is 1.33 bits per heavy atom. The van der Waals surface area contributed by atoms with Crippen molar-refractivity contribution in [3.05, 3.63) is 22.4 Å². The lowest BCUT2D eigenvalue weighted by molar-refractivity contribution is -0.154. The van der Waals surface area contributed by atoms with E-state index in [1.165, 1.54) is 17.8 Å². The number of carbonyl (C=O) groups excluding carboxylic acids is 3. The third-order valence-electron chi connectivity index (χ3n) is 4.25. The van der Waals surface area contributed by atoms with Crippen molar-refractivity contribution in [2.75, 3.05) is 6.54 Å². The monoisotopic (exact) mass is 352 g/mol. The van der Waals surface area contributed by atoms with Crippen molar-refractivity contribution < 1.29 is 19.1 Å². The molecule has 2 rings (SSSR count). The molecule has 0 saturated heterocycles. The molecule has 1 aliphatic carbocycles. The van der Waals surface area contributed by atoms with Crippen LogP contribution >= 0.6 is 11.3 Å². The van der Waals surface area contributed by atoms with Crippen molar-refractivity contribution in [3.8, 4) is 0 Å². The second kappa shape index (κ2) is 8.82. The van der Waals surface area contributed by atoms with Gasteiger partial charge in [0.15, 0.2) is 6.10 Å². The number of hydrogen-bond acceptors (Lipinski definition) is 5. The number of hydrogen-bond donors (Lipinski definition) is 2. The van der Waals surface area contributed by atoms with Gasteiger partial charge in [-0.15, -0.1) is 11.3 Å². The molecule has 0 radical (unpaired) electrons. The van der Waals surface area contributed by atoms with E-state index in [1.807, 2.05) is 0 Å². The molecule has 132 valence electrons. The van der Waals surface area contributed by atoms with Crippen LogP contribution in [0.1, 0.15) is 49.2 Å². The topological polar surface area (TPSA) is 84.5 Å². The highest BCUT2D eigenvalue weighted by atomic mass is 32.1. The van der Waals surface area contributed by atoms with Gasteiger partial charge in [-0.25, -0.2) is 0 Å². The van der Waals surface area contributed by atoms with Gasteiger partial charge in [-0.05, 0) is 37.1 Å². The summed E-state index contributed by atoms with van der Waals surface area (Å²) >= 11 is 1.29. The molecule has 0 spiro atoms. The zero-order chi connectivity index (χ0) is 17.5. The number of esters is 1. The third kappa shape index (κ3) is 5.33. The van der Waals surface area contributed by atoms with Crippen LogP contribution in [-0.2, 0) is 14.3 Å². The molecule has 0 bridgehead atoms. The van der Waals surface area contributed by atoms with Gasteiger partial charge in [-0.1, -0.05) is 25.8 Å². The van der Waals surface area contributed by atoms with Gasteiger partial charge in [-0.2, -0.15) is 0 Å². The summed E-state index contributed by atoms with van der Waals surface area (Å²) in [6.07, 6.45) is 3.50. The van der Waals surface area contributed by atoms with E-state index in [0.29, 0.717) is 10.8 Å². The molecule has 3 atom stereocenters. The van der Waals surface area contributed by atoms with E-state index in [2.05, 4.69) is 17.6 Å². The summed E-state index contributed by atoms with van der Waals surface area (Å²) < 4.78 is 5.09. The van der Waals surface area contributed by atoms with Crippen molar-refractivity contribution in [3.63, 3.8) is 0 Å². The van der Waals surface area contributed by atoms with Gasteiger partial charge in [0.05, 0.1) is 4.88 Å². The average Bonchev–Trinajstić information content (AvgIpc) is 3.09. The molecule has 7 heteroatoms. The van der Waals surface area contributed by atoms with E-state index < -0.39 is 12.1 Å². The molecular weight excluding hydrogens is 328 g/mol. The summed E-state index contributed by atoms with van der Waals surface area (Å²) in [4.78, 5) is 36.2. The molecule has 1 heterocycles. The number of amides is 2. The van der Waals surface area contributed by atoms with Gasteiger partial charge in [0.2, 0.25) is 0 Å². The smallest absolute Gasteiger partial charge is 0.326 e. The third-order valence-corrected chi connectivity index (χ3v) is 5.12. The predicted molar refractivity (Wildman–Crippen MR) is 91.8 cm³/mol. The fourth-order valence-corrected chi connectivity index (χ4v) is 3.41. The Labute approximate surface area is 146 Å². The summed E-state index contributed by atoms with van der Waals surface area (Å²) in [6.45, 7) is 3.41. The van der Waals surface area contributed by atoms with Crippen LogP contribution < -0.4 is 10.6 Å². The Kier molecular flexibility index (Phi) is 6.78. The van der Waals surface area contributed by atoms with Crippen molar-refractivity contribution in [1.29, 1.82) is 0 Å². The van der Waals surface area contributed by atoms with Crippen molar-refractivity contribution >= 4 is 29.1 Å². The molecule has 0 aliphatic heterocycles. The van der Waals surface area contributed by atoms with E-state index in [9.17, 15) is 14.4 Å². The Balaban J connectivity index is 1.72. The summed E-state index contributed by atoms with van der Waals surface area (Å²) in [5.41, 5.74) is 0. The first-order valence-corrected chi connectivity index (χ1v) is 9.17. The number of carbonyl (C=O) groups is 3. The fraction of sp³-hybridized carbons (Fsp3) is 0.588. The molecule has 1 aromatic heterocycles. The summed E-state index contributed by atoms with van der Waals surface area (Å²) in [6, 6.07) is 3.58. The number of thiophene rings is 1. The lowest BCUT2D eigenvalue weighted by Gasteiger charge is -2.30. The standard InChI is InChI=1S/C17H24N2O4S/c1-11-6-3-4-7-13(11)19-16(21)12(2)23-15(20)10-18-17(22)14-8-5-9-24-14/h5,8-9,11-13H,3-4,6-7,10H2,1-2H3,(H,18,22)(H,19,21)/t11-,12-,13+/m1/s1. The second-order valence-corrected chi connectivity index (χ2v) is 7.12. The van der Waals surface area contributed by atoms with Crippen molar-refractivity contribution in [1.82, 2.24) is 10.6 Å².